The molecule has 0 saturated carbocycles. The van der Waals surface area contributed by atoms with Crippen molar-refractivity contribution >= 4 is 10.9 Å². The molecule has 0 unspecified atom stereocenters. The number of hydrogen-bond donors (Lipinski definition) is 1. The lowest BCUT2D eigenvalue weighted by Gasteiger charge is -2.40. The summed E-state index contributed by atoms with van der Waals surface area (Å²) >= 11 is 0. The molecule has 1 saturated heterocycles. The van der Waals surface area contributed by atoms with Crippen LogP contribution in [-0.4, -0.2) is 41.5 Å². The Balaban J connectivity index is 1.45. The van der Waals surface area contributed by atoms with Gasteiger partial charge in [0, 0.05) is 49.5 Å². The van der Waals surface area contributed by atoms with Crippen LogP contribution in [0.15, 0.2) is 72.9 Å². The lowest BCUT2D eigenvalue weighted by atomic mass is 9.99. The average Bonchev–Trinajstić information content (AvgIpc) is 3.25. The Hall–Kier alpha value is -3.02. The maximum absolute atomic E-state index is 14.8. The third-order valence-electron chi connectivity index (χ3n) is 6.25. The summed E-state index contributed by atoms with van der Waals surface area (Å²) in [5.74, 6) is -0.430. The number of rotatable bonds is 4. The number of piperazine rings is 1. The average molecular weight is 418 g/mol. The standard InChI is InChI=1S/C26H25F2N3/c1-30-12-13-31(26(17-30)18-2-6-23(27)7-3-18)16-22-15-19(4-8-24(22)28)20-5-9-25-21(14-20)10-11-29-25/h2-11,14-15,26,29H,12-13,16-17H2,1H3/t26-/m1/s1. The highest BCUT2D eigenvalue weighted by Crippen LogP contribution is 2.30. The second kappa shape index (κ2) is 8.25. The lowest BCUT2D eigenvalue weighted by Crippen LogP contribution is -2.46. The number of halogens is 2. The van der Waals surface area contributed by atoms with Crippen LogP contribution in [0.3, 0.4) is 0 Å². The summed E-state index contributed by atoms with van der Waals surface area (Å²) < 4.78 is 28.2. The van der Waals surface area contributed by atoms with E-state index in [4.69, 9.17) is 0 Å². The maximum atomic E-state index is 14.8. The maximum Gasteiger partial charge on any atom is 0.127 e. The van der Waals surface area contributed by atoms with Gasteiger partial charge in [-0.25, -0.2) is 8.78 Å². The molecular weight excluding hydrogens is 392 g/mol. The zero-order chi connectivity index (χ0) is 21.4. The topological polar surface area (TPSA) is 22.3 Å². The zero-order valence-electron chi connectivity index (χ0n) is 17.5. The third-order valence-corrected chi connectivity index (χ3v) is 6.25. The second-order valence-electron chi connectivity index (χ2n) is 8.39. The van der Waals surface area contributed by atoms with Gasteiger partial charge in [0.05, 0.1) is 0 Å². The minimum absolute atomic E-state index is 0.0959. The van der Waals surface area contributed by atoms with E-state index in [1.807, 2.05) is 36.5 Å². The molecular formula is C26H25F2N3. The molecule has 1 N–H and O–H groups in total. The first-order chi connectivity index (χ1) is 15.1. The molecule has 0 amide bonds. The molecule has 2 heterocycles. The van der Waals surface area contributed by atoms with Crippen LogP contribution in [0.2, 0.25) is 0 Å². The Labute approximate surface area is 180 Å². The molecule has 31 heavy (non-hydrogen) atoms. The van der Waals surface area contributed by atoms with Crippen LogP contribution in [0.4, 0.5) is 8.78 Å². The molecule has 158 valence electrons. The van der Waals surface area contributed by atoms with Gasteiger partial charge < -0.3 is 9.88 Å². The van der Waals surface area contributed by atoms with Crippen LogP contribution in [-0.2, 0) is 6.54 Å². The first-order valence-corrected chi connectivity index (χ1v) is 10.6. The van der Waals surface area contributed by atoms with Gasteiger partial charge in [0.1, 0.15) is 11.6 Å². The number of nitrogens with zero attached hydrogens (tertiary/aromatic N) is 2. The minimum Gasteiger partial charge on any atom is -0.361 e. The quantitative estimate of drug-likeness (QED) is 0.467. The fourth-order valence-electron chi connectivity index (χ4n) is 4.47. The Morgan fingerprint density at radius 3 is 2.52 bits per heavy atom. The first-order valence-electron chi connectivity index (χ1n) is 10.6. The molecule has 0 aliphatic carbocycles. The van der Waals surface area contributed by atoms with E-state index in [0.29, 0.717) is 12.1 Å². The highest BCUT2D eigenvalue weighted by molar-refractivity contribution is 5.85. The van der Waals surface area contributed by atoms with Gasteiger partial charge in [-0.3, -0.25) is 4.90 Å². The summed E-state index contributed by atoms with van der Waals surface area (Å²) in [5, 5.41) is 1.14. The number of fused-ring (bicyclic) bond motifs is 1. The van der Waals surface area contributed by atoms with E-state index in [2.05, 4.69) is 40.0 Å². The van der Waals surface area contributed by atoms with Gasteiger partial charge >= 0.3 is 0 Å². The Morgan fingerprint density at radius 1 is 0.903 bits per heavy atom. The summed E-state index contributed by atoms with van der Waals surface area (Å²) in [6.45, 7) is 3.10. The number of H-pyrrole nitrogens is 1. The van der Waals surface area contributed by atoms with Crippen LogP contribution in [0.1, 0.15) is 17.2 Å². The number of nitrogens with one attached hydrogen (secondary N) is 1. The van der Waals surface area contributed by atoms with Gasteiger partial charge in [0.25, 0.3) is 0 Å². The van der Waals surface area contributed by atoms with E-state index < -0.39 is 0 Å². The van der Waals surface area contributed by atoms with Crippen LogP contribution in [0.5, 0.6) is 0 Å². The van der Waals surface area contributed by atoms with Crippen molar-refractivity contribution in [3.05, 3.63) is 95.7 Å². The van der Waals surface area contributed by atoms with E-state index in [0.717, 1.165) is 47.2 Å². The molecule has 0 radical (unpaired) electrons. The molecule has 3 aromatic carbocycles. The summed E-state index contributed by atoms with van der Waals surface area (Å²) in [5.41, 5.74) is 4.91. The predicted molar refractivity (Wildman–Crippen MR) is 121 cm³/mol. The lowest BCUT2D eigenvalue weighted by molar-refractivity contribution is 0.0824. The van der Waals surface area contributed by atoms with Gasteiger partial charge in [0.15, 0.2) is 0 Å². The Bertz CT molecular complexity index is 1200. The Morgan fingerprint density at radius 2 is 1.68 bits per heavy atom. The third kappa shape index (κ3) is 4.11. The highest BCUT2D eigenvalue weighted by atomic mass is 19.1. The van der Waals surface area contributed by atoms with Crippen LogP contribution in [0, 0.1) is 11.6 Å². The molecule has 4 aromatic rings. The second-order valence-corrected chi connectivity index (χ2v) is 8.39. The van der Waals surface area contributed by atoms with E-state index in [1.165, 1.54) is 12.1 Å². The number of aromatic nitrogens is 1. The molecule has 1 fully saturated rings. The first kappa shape index (κ1) is 19.9. The summed E-state index contributed by atoms with van der Waals surface area (Å²) in [6.07, 6.45) is 1.92. The van der Waals surface area contributed by atoms with Crippen molar-refractivity contribution in [2.75, 3.05) is 26.7 Å². The largest absolute Gasteiger partial charge is 0.361 e. The molecule has 3 nitrogen and oxygen atoms in total. The highest BCUT2D eigenvalue weighted by Gasteiger charge is 2.27. The van der Waals surface area contributed by atoms with Crippen molar-refractivity contribution < 1.29 is 8.78 Å². The van der Waals surface area contributed by atoms with Crippen molar-refractivity contribution in [1.29, 1.82) is 0 Å². The summed E-state index contributed by atoms with van der Waals surface area (Å²) in [7, 11) is 2.09. The minimum atomic E-state index is -0.238. The number of hydrogen-bond acceptors (Lipinski definition) is 2. The van der Waals surface area contributed by atoms with Crippen molar-refractivity contribution in [3.63, 3.8) is 0 Å². The SMILES string of the molecule is CN1CCN(Cc2cc(-c3ccc4[nH]ccc4c3)ccc2F)[C@@H](c2ccc(F)cc2)C1. The molecule has 5 rings (SSSR count). The summed E-state index contributed by atoms with van der Waals surface area (Å²) in [6, 6.07) is 20.4. The van der Waals surface area contributed by atoms with Crippen molar-refractivity contribution in [1.82, 2.24) is 14.8 Å². The van der Waals surface area contributed by atoms with E-state index >= 15 is 0 Å². The Kier molecular flexibility index (Phi) is 5.30. The van der Waals surface area contributed by atoms with Crippen molar-refractivity contribution in [2.24, 2.45) is 0 Å². The van der Waals surface area contributed by atoms with Gasteiger partial charge in [0.2, 0.25) is 0 Å². The molecule has 1 aromatic heterocycles. The molecule has 5 heteroatoms. The monoisotopic (exact) mass is 417 g/mol. The molecule has 0 spiro atoms. The fourth-order valence-corrected chi connectivity index (χ4v) is 4.47. The van der Waals surface area contributed by atoms with Gasteiger partial charge in [-0.1, -0.05) is 24.3 Å². The molecule has 0 bridgehead atoms. The van der Waals surface area contributed by atoms with Crippen molar-refractivity contribution in [2.45, 2.75) is 12.6 Å². The fraction of sp³-hybridized carbons (Fsp3) is 0.231. The van der Waals surface area contributed by atoms with Gasteiger partial charge in [-0.15, -0.1) is 0 Å². The predicted octanol–water partition coefficient (Wildman–Crippen LogP) is 5.60. The zero-order valence-corrected chi connectivity index (χ0v) is 17.5. The molecule has 1 aliphatic heterocycles. The van der Waals surface area contributed by atoms with Gasteiger partial charge in [-0.05, 0) is 71.6 Å². The number of aromatic amines is 1. The normalized spacial score (nSPS) is 18.0. The van der Waals surface area contributed by atoms with E-state index in [-0.39, 0.29) is 17.7 Å². The van der Waals surface area contributed by atoms with Gasteiger partial charge in [-0.2, -0.15) is 0 Å². The van der Waals surface area contributed by atoms with E-state index in [9.17, 15) is 8.78 Å². The summed E-state index contributed by atoms with van der Waals surface area (Å²) in [4.78, 5) is 7.77. The van der Waals surface area contributed by atoms with Crippen LogP contribution < -0.4 is 0 Å². The smallest absolute Gasteiger partial charge is 0.127 e. The van der Waals surface area contributed by atoms with Crippen molar-refractivity contribution in [3.8, 4) is 11.1 Å². The van der Waals surface area contributed by atoms with Crippen LogP contribution >= 0.6 is 0 Å². The number of likely N-dealkylation sites (N-methyl/N-ethyl adjacent to an activating group) is 1. The van der Waals surface area contributed by atoms with Crippen LogP contribution in [0.25, 0.3) is 22.0 Å². The molecule has 1 aliphatic rings. The number of benzene rings is 3. The molecule has 1 atom stereocenters. The van der Waals surface area contributed by atoms with E-state index in [1.54, 1.807) is 6.07 Å².